The molecule has 6 rings (SSSR count). The smallest absolute Gasteiger partial charge is 0.318 e. The van der Waals surface area contributed by atoms with Gasteiger partial charge in [0.15, 0.2) is 11.6 Å². The first-order chi connectivity index (χ1) is 14.1. The molecule has 1 N–H and O–H groups in total. The number of piperidine rings is 3. The number of amides is 2. The van der Waals surface area contributed by atoms with E-state index >= 15 is 0 Å². The molecule has 4 aliphatic rings. The van der Waals surface area contributed by atoms with Crippen LogP contribution in [-0.4, -0.2) is 48.1 Å². The summed E-state index contributed by atoms with van der Waals surface area (Å²) in [5.41, 5.74) is 2.73. The molecule has 4 heterocycles. The largest absolute Gasteiger partial charge is 0.334 e. The monoisotopic (exact) mass is 397 g/mol. The minimum absolute atomic E-state index is 0.118. The summed E-state index contributed by atoms with van der Waals surface area (Å²) in [4.78, 5) is 17.5. The Kier molecular flexibility index (Phi) is 4.74. The molecule has 2 atom stereocenters. The van der Waals surface area contributed by atoms with E-state index < -0.39 is 17.7 Å². The van der Waals surface area contributed by atoms with Crippen LogP contribution >= 0.6 is 0 Å². The second kappa shape index (κ2) is 7.41. The number of nitrogens with zero attached hydrogens (tertiary/aromatic N) is 2. The first-order valence-electron chi connectivity index (χ1n) is 10.4. The highest BCUT2D eigenvalue weighted by Crippen LogP contribution is 2.36. The van der Waals surface area contributed by atoms with Gasteiger partial charge in [-0.2, -0.15) is 0 Å². The van der Waals surface area contributed by atoms with Crippen LogP contribution in [0, 0.1) is 17.6 Å². The molecule has 2 aromatic carbocycles. The van der Waals surface area contributed by atoms with Crippen molar-refractivity contribution in [3.8, 4) is 0 Å². The van der Waals surface area contributed by atoms with Gasteiger partial charge in [0, 0.05) is 19.1 Å². The van der Waals surface area contributed by atoms with Crippen molar-refractivity contribution in [2.75, 3.05) is 26.2 Å². The van der Waals surface area contributed by atoms with Crippen molar-refractivity contribution < 1.29 is 13.6 Å². The van der Waals surface area contributed by atoms with E-state index in [0.717, 1.165) is 56.1 Å². The van der Waals surface area contributed by atoms with Crippen LogP contribution in [0.15, 0.2) is 42.5 Å². The van der Waals surface area contributed by atoms with Crippen LogP contribution in [0.1, 0.15) is 35.6 Å². The van der Waals surface area contributed by atoms with E-state index in [2.05, 4.69) is 10.2 Å². The molecule has 0 unspecified atom stereocenters. The van der Waals surface area contributed by atoms with Crippen molar-refractivity contribution in [3.63, 3.8) is 0 Å². The van der Waals surface area contributed by atoms with Gasteiger partial charge in [0.1, 0.15) is 0 Å². The quantitative estimate of drug-likeness (QED) is 0.839. The lowest BCUT2D eigenvalue weighted by atomic mass is 9.84. The van der Waals surface area contributed by atoms with Crippen molar-refractivity contribution >= 4 is 6.03 Å². The Balaban J connectivity index is 1.46. The Morgan fingerprint density at radius 1 is 1.00 bits per heavy atom. The van der Waals surface area contributed by atoms with E-state index in [-0.39, 0.29) is 12.1 Å². The number of hydrogen-bond donors (Lipinski definition) is 1. The van der Waals surface area contributed by atoms with Gasteiger partial charge in [-0.1, -0.05) is 30.3 Å². The maximum Gasteiger partial charge on any atom is 0.318 e. The summed E-state index contributed by atoms with van der Waals surface area (Å²) in [6, 6.07) is 11.5. The third-order valence-corrected chi connectivity index (χ3v) is 6.77. The second-order valence-electron chi connectivity index (χ2n) is 8.41. The number of fused-ring (bicyclic) bond motifs is 4. The van der Waals surface area contributed by atoms with Gasteiger partial charge >= 0.3 is 6.03 Å². The van der Waals surface area contributed by atoms with E-state index in [4.69, 9.17) is 0 Å². The van der Waals surface area contributed by atoms with Gasteiger partial charge in [0.25, 0.3) is 0 Å². The third kappa shape index (κ3) is 3.39. The minimum atomic E-state index is -0.886. The van der Waals surface area contributed by atoms with Gasteiger partial charge in [-0.25, -0.2) is 13.6 Å². The average molecular weight is 397 g/mol. The molecule has 0 saturated carbocycles. The molecule has 6 heteroatoms. The van der Waals surface area contributed by atoms with Crippen molar-refractivity contribution in [1.29, 1.82) is 0 Å². The summed E-state index contributed by atoms with van der Waals surface area (Å²) in [5.74, 6) is -1.23. The van der Waals surface area contributed by atoms with E-state index in [1.807, 2.05) is 24.3 Å². The van der Waals surface area contributed by atoms with Crippen LogP contribution in [0.4, 0.5) is 13.6 Å². The van der Waals surface area contributed by atoms with Gasteiger partial charge in [-0.3, -0.25) is 0 Å². The average Bonchev–Trinajstić information content (AvgIpc) is 2.76. The van der Waals surface area contributed by atoms with Gasteiger partial charge in [0.05, 0.1) is 6.04 Å². The highest BCUT2D eigenvalue weighted by Gasteiger charge is 2.38. The van der Waals surface area contributed by atoms with Gasteiger partial charge in [-0.05, 0) is 67.1 Å². The predicted octanol–water partition coefficient (Wildman–Crippen LogP) is 3.72. The lowest BCUT2D eigenvalue weighted by Crippen LogP contribution is -2.59. The molecule has 0 aliphatic carbocycles. The number of benzene rings is 2. The van der Waals surface area contributed by atoms with Crippen LogP contribution in [0.2, 0.25) is 0 Å². The number of rotatable bonds is 2. The summed E-state index contributed by atoms with van der Waals surface area (Å²) in [6.45, 7) is 3.68. The summed E-state index contributed by atoms with van der Waals surface area (Å²) in [5, 5.41) is 3.25. The van der Waals surface area contributed by atoms with Crippen molar-refractivity contribution in [2.24, 2.45) is 5.92 Å². The SMILES string of the molecule is O=C(N[C@@H]1CN2CCC1CC2)N1CCc2ccccc2[C@@H]1c1ccc(F)c(F)c1. The zero-order valence-corrected chi connectivity index (χ0v) is 16.3. The third-order valence-electron chi connectivity index (χ3n) is 6.77. The van der Waals surface area contributed by atoms with Crippen LogP contribution in [0.25, 0.3) is 0 Å². The molecule has 3 saturated heterocycles. The highest BCUT2D eigenvalue weighted by atomic mass is 19.2. The van der Waals surface area contributed by atoms with Gasteiger partial charge in [-0.15, -0.1) is 0 Å². The maximum atomic E-state index is 14.0. The number of urea groups is 1. The molecular formula is C23H25F2N3O. The molecule has 2 aromatic rings. The number of hydrogen-bond acceptors (Lipinski definition) is 2. The first kappa shape index (κ1) is 18.6. The molecular weight excluding hydrogens is 372 g/mol. The Hall–Kier alpha value is -2.47. The molecule has 0 radical (unpaired) electrons. The number of halogens is 2. The van der Waals surface area contributed by atoms with Crippen LogP contribution in [-0.2, 0) is 6.42 Å². The van der Waals surface area contributed by atoms with Crippen molar-refractivity contribution in [2.45, 2.75) is 31.3 Å². The fraction of sp³-hybridized carbons (Fsp3) is 0.435. The zero-order valence-electron chi connectivity index (χ0n) is 16.3. The lowest BCUT2D eigenvalue weighted by Gasteiger charge is -2.46. The first-order valence-corrected chi connectivity index (χ1v) is 10.4. The normalized spacial score (nSPS) is 28.1. The Morgan fingerprint density at radius 3 is 2.52 bits per heavy atom. The Morgan fingerprint density at radius 2 is 1.79 bits per heavy atom. The van der Waals surface area contributed by atoms with E-state index in [1.165, 1.54) is 6.07 Å². The molecule has 4 nitrogen and oxygen atoms in total. The van der Waals surface area contributed by atoms with Crippen LogP contribution in [0.3, 0.4) is 0 Å². The zero-order chi connectivity index (χ0) is 20.0. The van der Waals surface area contributed by atoms with Crippen molar-refractivity contribution in [1.82, 2.24) is 15.1 Å². The summed E-state index contributed by atoms with van der Waals surface area (Å²) in [6.07, 6.45) is 3.00. The molecule has 4 aliphatic heterocycles. The van der Waals surface area contributed by atoms with Crippen LogP contribution in [0.5, 0.6) is 0 Å². The number of carbonyl (C=O) groups excluding carboxylic acids is 1. The Bertz CT molecular complexity index is 926. The molecule has 3 fully saturated rings. The van der Waals surface area contributed by atoms with Gasteiger partial charge in [0.2, 0.25) is 0 Å². The number of carbonyl (C=O) groups is 1. The lowest BCUT2D eigenvalue weighted by molar-refractivity contribution is 0.0715. The summed E-state index contributed by atoms with van der Waals surface area (Å²) >= 11 is 0. The second-order valence-corrected chi connectivity index (χ2v) is 8.41. The molecule has 0 spiro atoms. The molecule has 2 bridgehead atoms. The molecule has 29 heavy (non-hydrogen) atoms. The molecule has 0 aromatic heterocycles. The molecule has 2 amide bonds. The fourth-order valence-corrected chi connectivity index (χ4v) is 5.20. The predicted molar refractivity (Wildman–Crippen MR) is 107 cm³/mol. The van der Waals surface area contributed by atoms with Crippen molar-refractivity contribution in [3.05, 3.63) is 70.8 Å². The van der Waals surface area contributed by atoms with E-state index in [9.17, 15) is 13.6 Å². The standard InChI is InChI=1S/C23H25F2N3O/c24-19-6-5-17(13-20(19)25)22-18-4-2-1-3-15(18)9-12-28(22)23(29)26-21-14-27-10-7-16(21)8-11-27/h1-6,13,16,21-22H,7-12,14H2,(H,26,29)/t21-,22+/m1/s1. The summed E-state index contributed by atoms with van der Waals surface area (Å²) in [7, 11) is 0. The Labute approximate surface area is 169 Å². The van der Waals surface area contributed by atoms with E-state index in [0.29, 0.717) is 18.0 Å². The topological polar surface area (TPSA) is 35.6 Å². The van der Waals surface area contributed by atoms with Gasteiger partial charge < -0.3 is 15.1 Å². The maximum absolute atomic E-state index is 14.0. The van der Waals surface area contributed by atoms with Crippen LogP contribution < -0.4 is 5.32 Å². The summed E-state index contributed by atoms with van der Waals surface area (Å²) < 4.78 is 27.6. The molecule has 152 valence electrons. The fourth-order valence-electron chi connectivity index (χ4n) is 5.20. The highest BCUT2D eigenvalue weighted by molar-refractivity contribution is 5.76. The number of nitrogens with one attached hydrogen (secondary N) is 1. The van der Waals surface area contributed by atoms with E-state index in [1.54, 1.807) is 11.0 Å². The minimum Gasteiger partial charge on any atom is -0.334 e.